The summed E-state index contributed by atoms with van der Waals surface area (Å²) < 4.78 is 10.0. The predicted molar refractivity (Wildman–Crippen MR) is 152 cm³/mol. The molecule has 38 heavy (non-hydrogen) atoms. The van der Waals surface area contributed by atoms with Crippen LogP contribution in [0.25, 0.3) is 0 Å². The lowest BCUT2D eigenvalue weighted by Crippen LogP contribution is -2.25. The maximum Gasteiger partial charge on any atom is 0.305 e. The highest BCUT2D eigenvalue weighted by atomic mass is 16.6. The lowest BCUT2D eigenvalue weighted by atomic mass is 10.1. The van der Waals surface area contributed by atoms with E-state index in [0.717, 1.165) is 64.2 Å². The number of ether oxygens (including phenoxy) is 2. The lowest BCUT2D eigenvalue weighted by molar-refractivity contribution is -0.152. The molecule has 7 heteroatoms. The molecule has 3 atom stereocenters. The van der Waals surface area contributed by atoms with Gasteiger partial charge in [0.25, 0.3) is 0 Å². The highest BCUT2D eigenvalue weighted by Crippen LogP contribution is 2.07. The van der Waals surface area contributed by atoms with Crippen LogP contribution in [-0.2, 0) is 19.1 Å². The van der Waals surface area contributed by atoms with Crippen LogP contribution in [0.4, 0.5) is 0 Å². The van der Waals surface area contributed by atoms with Crippen LogP contribution in [0.2, 0.25) is 0 Å². The highest BCUT2D eigenvalue weighted by molar-refractivity contribution is 5.69. The summed E-state index contributed by atoms with van der Waals surface area (Å²) in [7, 11) is 0. The van der Waals surface area contributed by atoms with Crippen molar-refractivity contribution in [2.24, 2.45) is 0 Å². The maximum absolute atomic E-state index is 11.8. The molecule has 0 heterocycles. The molecular weight excluding hydrogens is 484 g/mol. The number of unbranched alkanes of at least 4 members (excludes halogenated alkanes) is 6. The summed E-state index contributed by atoms with van der Waals surface area (Å²) in [5.74, 6) is -0.807. The van der Waals surface area contributed by atoms with Gasteiger partial charge < -0.3 is 24.8 Å². The van der Waals surface area contributed by atoms with Crippen molar-refractivity contribution in [2.45, 2.75) is 122 Å². The zero-order chi connectivity index (χ0) is 28.3. The molecule has 0 saturated heterocycles. The lowest BCUT2D eigenvalue weighted by Gasteiger charge is -2.12. The molecule has 0 aliphatic rings. The minimum atomic E-state index is -1.05. The normalized spacial score (nSPS) is 14.6. The van der Waals surface area contributed by atoms with Gasteiger partial charge in [-0.2, -0.15) is 0 Å². The molecule has 0 aliphatic carbocycles. The third-order valence-corrected chi connectivity index (χ3v) is 5.78. The number of hydrogen-bond acceptors (Lipinski definition) is 7. The first kappa shape index (κ1) is 35.8. The summed E-state index contributed by atoms with van der Waals surface area (Å²) in [6.45, 7) is 3.87. The van der Waals surface area contributed by atoms with Crippen LogP contribution in [0.15, 0.2) is 48.6 Å². The second-order valence-corrected chi connectivity index (χ2v) is 9.57. The molecule has 0 fully saturated rings. The number of hydrogen-bond donors (Lipinski definition) is 3. The summed E-state index contributed by atoms with van der Waals surface area (Å²) in [6, 6.07) is 0. The predicted octanol–water partition coefficient (Wildman–Crippen LogP) is 5.88. The van der Waals surface area contributed by atoms with Gasteiger partial charge in [0, 0.05) is 12.8 Å². The zero-order valence-electron chi connectivity index (χ0n) is 23.6. The molecule has 0 aromatic heterocycles. The van der Waals surface area contributed by atoms with Crippen LogP contribution in [-0.4, -0.2) is 58.8 Å². The quantitative estimate of drug-likeness (QED) is 0.0802. The Morgan fingerprint density at radius 1 is 0.632 bits per heavy atom. The maximum atomic E-state index is 11.8. The van der Waals surface area contributed by atoms with E-state index in [1.165, 1.54) is 0 Å². The standard InChI is InChI=1S/C31H52O7/c1-3-5-7-11-17-23-30(35)37-25-29(34)26-38-31(36)24-18-22-28(33)21-16-13-10-8-9-12-15-20-27(32)19-14-6-4-2/h9-10,12-13,15-16,20-21,27-29,32-34H,3-8,11,14,17-19,22-26H2,1-2H3/b12-9-,13-10-,20-15+,21-16+/t27-,28-,29-/m0/s1. The number of allylic oxidation sites excluding steroid dienone is 6. The fraction of sp³-hybridized carbons (Fsp3) is 0.677. The Hall–Kier alpha value is -2.22. The van der Waals surface area contributed by atoms with Gasteiger partial charge >= 0.3 is 11.9 Å². The van der Waals surface area contributed by atoms with E-state index in [1.54, 1.807) is 18.2 Å². The molecule has 0 saturated carbocycles. The van der Waals surface area contributed by atoms with E-state index in [4.69, 9.17) is 9.47 Å². The summed E-state index contributed by atoms with van der Waals surface area (Å²) in [5, 5.41) is 29.6. The summed E-state index contributed by atoms with van der Waals surface area (Å²) in [4.78, 5) is 23.5. The van der Waals surface area contributed by atoms with Crippen molar-refractivity contribution >= 4 is 11.9 Å². The van der Waals surface area contributed by atoms with E-state index in [9.17, 15) is 24.9 Å². The van der Waals surface area contributed by atoms with Crippen LogP contribution in [0, 0.1) is 0 Å². The highest BCUT2D eigenvalue weighted by Gasteiger charge is 2.12. The molecule has 7 nitrogen and oxygen atoms in total. The molecule has 0 rings (SSSR count). The molecule has 3 N–H and O–H groups in total. The molecule has 218 valence electrons. The van der Waals surface area contributed by atoms with E-state index in [2.05, 4.69) is 13.8 Å². The van der Waals surface area contributed by atoms with E-state index < -0.39 is 18.2 Å². The van der Waals surface area contributed by atoms with Crippen molar-refractivity contribution in [3.05, 3.63) is 48.6 Å². The van der Waals surface area contributed by atoms with Crippen LogP contribution >= 0.6 is 0 Å². The van der Waals surface area contributed by atoms with E-state index >= 15 is 0 Å². The zero-order valence-corrected chi connectivity index (χ0v) is 23.6. The SMILES string of the molecule is CCCCCCCC(=O)OC[C@H](O)COC(=O)CCC[C@@H](O)/C=C/C=C\C/C=C\C=C\[C@@H](O)CCCCC. The van der Waals surface area contributed by atoms with Gasteiger partial charge in [0.1, 0.15) is 19.3 Å². The fourth-order valence-corrected chi connectivity index (χ4v) is 3.47. The number of carbonyl (C=O) groups excluding carboxylic acids is 2. The smallest absolute Gasteiger partial charge is 0.305 e. The van der Waals surface area contributed by atoms with Crippen molar-refractivity contribution < 1.29 is 34.4 Å². The number of carbonyl (C=O) groups is 2. The number of rotatable bonds is 24. The van der Waals surface area contributed by atoms with E-state index in [1.807, 2.05) is 30.4 Å². The van der Waals surface area contributed by atoms with Gasteiger partial charge in [-0.25, -0.2) is 0 Å². The summed E-state index contributed by atoms with van der Waals surface area (Å²) >= 11 is 0. The van der Waals surface area contributed by atoms with Crippen LogP contribution in [0.3, 0.4) is 0 Å². The Morgan fingerprint density at radius 3 is 1.66 bits per heavy atom. The van der Waals surface area contributed by atoms with E-state index in [-0.39, 0.29) is 31.7 Å². The number of esters is 2. The minimum Gasteiger partial charge on any atom is -0.463 e. The topological polar surface area (TPSA) is 113 Å². The Kier molecular flexibility index (Phi) is 24.8. The molecular formula is C31H52O7. The van der Waals surface area contributed by atoms with Gasteiger partial charge in [0.15, 0.2) is 0 Å². The van der Waals surface area contributed by atoms with Crippen molar-refractivity contribution in [3.8, 4) is 0 Å². The monoisotopic (exact) mass is 536 g/mol. The second-order valence-electron chi connectivity index (χ2n) is 9.57. The first-order valence-electron chi connectivity index (χ1n) is 14.4. The second kappa shape index (κ2) is 26.4. The van der Waals surface area contributed by atoms with Gasteiger partial charge in [0.05, 0.1) is 12.2 Å². The molecule has 0 spiro atoms. The number of aliphatic hydroxyl groups excluding tert-OH is 3. The van der Waals surface area contributed by atoms with Gasteiger partial charge in [-0.05, 0) is 32.1 Å². The average molecular weight is 537 g/mol. The molecule has 0 unspecified atom stereocenters. The summed E-state index contributed by atoms with van der Waals surface area (Å²) in [5.41, 5.74) is 0. The Labute approximate surface area is 230 Å². The summed E-state index contributed by atoms with van der Waals surface area (Å²) in [6.07, 6.45) is 24.1. The minimum absolute atomic E-state index is 0.136. The molecule has 0 bridgehead atoms. The van der Waals surface area contributed by atoms with Crippen LogP contribution in [0.1, 0.15) is 104 Å². The van der Waals surface area contributed by atoms with Gasteiger partial charge in [-0.3, -0.25) is 9.59 Å². The van der Waals surface area contributed by atoms with Crippen molar-refractivity contribution in [1.29, 1.82) is 0 Å². The van der Waals surface area contributed by atoms with Crippen LogP contribution in [0.5, 0.6) is 0 Å². The van der Waals surface area contributed by atoms with Crippen molar-refractivity contribution in [3.63, 3.8) is 0 Å². The first-order valence-corrected chi connectivity index (χ1v) is 14.4. The molecule has 0 amide bonds. The first-order chi connectivity index (χ1) is 18.4. The molecule has 0 aliphatic heterocycles. The van der Waals surface area contributed by atoms with Crippen LogP contribution < -0.4 is 0 Å². The van der Waals surface area contributed by atoms with Gasteiger partial charge in [0.2, 0.25) is 0 Å². The van der Waals surface area contributed by atoms with Crippen molar-refractivity contribution in [2.75, 3.05) is 13.2 Å². The van der Waals surface area contributed by atoms with Gasteiger partial charge in [-0.15, -0.1) is 0 Å². The Bertz CT molecular complexity index is 696. The Balaban J connectivity index is 3.83. The fourth-order valence-electron chi connectivity index (χ4n) is 3.47. The van der Waals surface area contributed by atoms with Crippen molar-refractivity contribution in [1.82, 2.24) is 0 Å². The Morgan fingerprint density at radius 2 is 1.11 bits per heavy atom. The molecule has 0 radical (unpaired) electrons. The third-order valence-electron chi connectivity index (χ3n) is 5.78. The van der Waals surface area contributed by atoms with Gasteiger partial charge in [-0.1, -0.05) is 107 Å². The largest absolute Gasteiger partial charge is 0.463 e. The molecule has 0 aromatic rings. The van der Waals surface area contributed by atoms with E-state index in [0.29, 0.717) is 19.3 Å². The third kappa shape index (κ3) is 25.4. The molecule has 0 aromatic carbocycles. The average Bonchev–Trinajstić information content (AvgIpc) is 2.89. The number of aliphatic hydroxyl groups is 3.